The number of carbonyl (C=O) groups excluding carboxylic acids is 1. The van der Waals surface area contributed by atoms with Crippen LogP contribution >= 0.6 is 0 Å². The minimum atomic E-state index is -0.450. The Morgan fingerprint density at radius 1 is 1.57 bits per heavy atom. The van der Waals surface area contributed by atoms with E-state index in [1.54, 1.807) is 18.2 Å². The van der Waals surface area contributed by atoms with Gasteiger partial charge in [0.15, 0.2) is 0 Å². The Morgan fingerprint density at radius 3 is 2.71 bits per heavy atom. The second-order valence-corrected chi connectivity index (χ2v) is 3.01. The van der Waals surface area contributed by atoms with E-state index in [2.05, 4.69) is 5.32 Å². The van der Waals surface area contributed by atoms with E-state index in [0.717, 1.165) is 0 Å². The Morgan fingerprint density at radius 2 is 2.21 bits per heavy atom. The highest BCUT2D eigenvalue weighted by molar-refractivity contribution is 5.73. The molecule has 1 unspecified atom stereocenters. The molecule has 0 spiro atoms. The normalized spacial score (nSPS) is 12.2. The highest BCUT2D eigenvalue weighted by atomic mass is 19.1. The first kappa shape index (κ1) is 10.7. The topological polar surface area (TPSA) is 55.1 Å². The van der Waals surface area contributed by atoms with Crippen LogP contribution < -0.4 is 11.1 Å². The predicted molar refractivity (Wildman–Crippen MR) is 52.0 cm³/mol. The van der Waals surface area contributed by atoms with Gasteiger partial charge in [0.25, 0.3) is 0 Å². The van der Waals surface area contributed by atoms with Gasteiger partial charge in [-0.15, -0.1) is 0 Å². The Bertz CT molecular complexity index is 328. The van der Waals surface area contributed by atoms with Gasteiger partial charge in [-0.05, 0) is 6.07 Å². The molecule has 0 fully saturated rings. The molecule has 0 saturated heterocycles. The smallest absolute Gasteiger partial charge is 0.217 e. The number of nitrogens with one attached hydrogen (secondary N) is 1. The van der Waals surface area contributed by atoms with Crippen LogP contribution in [0.25, 0.3) is 0 Å². The number of halogens is 1. The first-order valence-electron chi connectivity index (χ1n) is 4.36. The lowest BCUT2D eigenvalue weighted by Crippen LogP contribution is -2.32. The summed E-state index contributed by atoms with van der Waals surface area (Å²) in [5.41, 5.74) is 5.86. The van der Waals surface area contributed by atoms with Crippen LogP contribution in [0.3, 0.4) is 0 Å². The summed E-state index contributed by atoms with van der Waals surface area (Å²) in [5.74, 6) is -0.569. The molecule has 3 nitrogen and oxygen atoms in total. The van der Waals surface area contributed by atoms with Crippen molar-refractivity contribution in [2.45, 2.75) is 13.0 Å². The van der Waals surface area contributed by atoms with E-state index in [1.165, 1.54) is 13.0 Å². The number of hydrogen-bond acceptors (Lipinski definition) is 2. The Kier molecular flexibility index (Phi) is 3.59. The second kappa shape index (κ2) is 4.72. The summed E-state index contributed by atoms with van der Waals surface area (Å²) in [6, 6.07) is 5.82. The van der Waals surface area contributed by atoms with E-state index < -0.39 is 6.04 Å². The van der Waals surface area contributed by atoms with Gasteiger partial charge >= 0.3 is 0 Å². The van der Waals surface area contributed by atoms with Gasteiger partial charge in [0.05, 0.1) is 6.04 Å². The lowest BCUT2D eigenvalue weighted by Gasteiger charge is -2.16. The van der Waals surface area contributed by atoms with Gasteiger partial charge in [0, 0.05) is 19.0 Å². The fraction of sp³-hybridized carbons (Fsp3) is 0.300. The van der Waals surface area contributed by atoms with Crippen LogP contribution in [0, 0.1) is 5.82 Å². The maximum Gasteiger partial charge on any atom is 0.217 e. The maximum absolute atomic E-state index is 13.3. The zero-order valence-corrected chi connectivity index (χ0v) is 7.96. The van der Waals surface area contributed by atoms with Crippen molar-refractivity contribution in [1.82, 2.24) is 5.32 Å². The fourth-order valence-electron chi connectivity index (χ4n) is 1.27. The molecule has 1 rings (SSSR count). The van der Waals surface area contributed by atoms with Crippen molar-refractivity contribution in [3.05, 3.63) is 35.6 Å². The zero-order chi connectivity index (χ0) is 10.6. The Hall–Kier alpha value is -1.42. The van der Waals surface area contributed by atoms with Crippen molar-refractivity contribution >= 4 is 5.91 Å². The summed E-state index contributed by atoms with van der Waals surface area (Å²) in [6.45, 7) is 1.56. The second-order valence-electron chi connectivity index (χ2n) is 3.01. The average Bonchev–Trinajstić information content (AvgIpc) is 2.15. The van der Waals surface area contributed by atoms with Crippen LogP contribution in [-0.2, 0) is 4.79 Å². The zero-order valence-electron chi connectivity index (χ0n) is 7.96. The summed E-state index contributed by atoms with van der Waals surface area (Å²) in [7, 11) is 0. The quantitative estimate of drug-likeness (QED) is 0.756. The highest BCUT2D eigenvalue weighted by Gasteiger charge is 2.13. The molecule has 0 heterocycles. The number of benzene rings is 1. The van der Waals surface area contributed by atoms with Crippen molar-refractivity contribution in [2.75, 3.05) is 6.54 Å². The van der Waals surface area contributed by atoms with Crippen molar-refractivity contribution in [2.24, 2.45) is 5.73 Å². The molecule has 1 atom stereocenters. The van der Waals surface area contributed by atoms with E-state index in [9.17, 15) is 9.18 Å². The molecule has 0 bridgehead atoms. The summed E-state index contributed by atoms with van der Waals surface area (Å²) in [4.78, 5) is 10.8. The Labute approximate surface area is 82.1 Å². The molecule has 4 heteroatoms. The molecule has 76 valence electrons. The van der Waals surface area contributed by atoms with Gasteiger partial charge in [-0.2, -0.15) is 0 Å². The number of hydrogen-bond donors (Lipinski definition) is 2. The molecule has 0 aliphatic rings. The molecule has 3 N–H and O–H groups in total. The maximum atomic E-state index is 13.3. The fourth-order valence-corrected chi connectivity index (χ4v) is 1.27. The summed E-state index contributed by atoms with van der Waals surface area (Å²) in [6.07, 6.45) is 0. The minimum Gasteiger partial charge on any atom is -0.348 e. The van der Waals surface area contributed by atoms with Crippen molar-refractivity contribution in [1.29, 1.82) is 0 Å². The molecule has 1 aromatic rings. The van der Waals surface area contributed by atoms with Crippen LogP contribution in [0.2, 0.25) is 0 Å². The lowest BCUT2D eigenvalue weighted by atomic mass is 10.1. The number of rotatable bonds is 3. The van der Waals surface area contributed by atoms with E-state index in [0.29, 0.717) is 5.56 Å². The first-order chi connectivity index (χ1) is 6.65. The molecule has 1 aromatic carbocycles. The van der Waals surface area contributed by atoms with Crippen LogP contribution in [-0.4, -0.2) is 12.5 Å². The van der Waals surface area contributed by atoms with Crippen LogP contribution in [0.5, 0.6) is 0 Å². The van der Waals surface area contributed by atoms with Crippen LogP contribution in [0.15, 0.2) is 24.3 Å². The number of nitrogens with two attached hydrogens (primary N) is 1. The van der Waals surface area contributed by atoms with Crippen molar-refractivity contribution in [3.8, 4) is 0 Å². The molecule has 0 aliphatic heterocycles. The van der Waals surface area contributed by atoms with E-state index in [1.807, 2.05) is 0 Å². The SMILES string of the molecule is CC(=O)NC(CN)c1ccccc1F. The predicted octanol–water partition coefficient (Wildman–Crippen LogP) is 0.962. The Balaban J connectivity index is 2.89. The minimum absolute atomic E-state index is 0.181. The van der Waals surface area contributed by atoms with Gasteiger partial charge in [-0.25, -0.2) is 4.39 Å². The molecule has 0 radical (unpaired) electrons. The highest BCUT2D eigenvalue weighted by Crippen LogP contribution is 2.15. The first-order valence-corrected chi connectivity index (χ1v) is 4.36. The van der Waals surface area contributed by atoms with Gasteiger partial charge in [0.2, 0.25) is 5.91 Å². The molecular weight excluding hydrogens is 183 g/mol. The lowest BCUT2D eigenvalue weighted by molar-refractivity contribution is -0.119. The monoisotopic (exact) mass is 196 g/mol. The van der Waals surface area contributed by atoms with Crippen molar-refractivity contribution < 1.29 is 9.18 Å². The van der Waals surface area contributed by atoms with Gasteiger partial charge < -0.3 is 11.1 Å². The third kappa shape index (κ3) is 2.53. The number of amides is 1. The molecule has 0 saturated carbocycles. The van der Waals surface area contributed by atoms with Crippen LogP contribution in [0.1, 0.15) is 18.5 Å². The van der Waals surface area contributed by atoms with E-state index >= 15 is 0 Å². The third-order valence-electron chi connectivity index (χ3n) is 1.89. The largest absolute Gasteiger partial charge is 0.348 e. The summed E-state index contributed by atoms with van der Waals surface area (Å²) in [5, 5.41) is 2.58. The van der Waals surface area contributed by atoms with E-state index in [-0.39, 0.29) is 18.3 Å². The third-order valence-corrected chi connectivity index (χ3v) is 1.89. The van der Waals surface area contributed by atoms with Gasteiger partial charge in [0.1, 0.15) is 5.82 Å². The van der Waals surface area contributed by atoms with Crippen LogP contribution in [0.4, 0.5) is 4.39 Å². The standard InChI is InChI=1S/C10H13FN2O/c1-7(14)13-10(6-12)8-4-2-3-5-9(8)11/h2-5,10H,6,12H2,1H3,(H,13,14). The molecule has 1 amide bonds. The number of carbonyl (C=O) groups is 1. The van der Waals surface area contributed by atoms with E-state index in [4.69, 9.17) is 5.73 Å². The van der Waals surface area contributed by atoms with Crippen molar-refractivity contribution in [3.63, 3.8) is 0 Å². The molecule has 14 heavy (non-hydrogen) atoms. The average molecular weight is 196 g/mol. The summed E-state index contributed by atoms with van der Waals surface area (Å²) < 4.78 is 13.3. The van der Waals surface area contributed by atoms with Gasteiger partial charge in [-0.1, -0.05) is 18.2 Å². The molecule has 0 aliphatic carbocycles. The molecule has 0 aromatic heterocycles. The summed E-state index contributed by atoms with van der Waals surface area (Å²) >= 11 is 0. The molecular formula is C10H13FN2O. The van der Waals surface area contributed by atoms with Gasteiger partial charge in [-0.3, -0.25) is 4.79 Å².